The summed E-state index contributed by atoms with van der Waals surface area (Å²) < 4.78 is 33.9. The zero-order valence-corrected chi connectivity index (χ0v) is 21.2. The predicted octanol–water partition coefficient (Wildman–Crippen LogP) is 6.38. The summed E-state index contributed by atoms with van der Waals surface area (Å²) >= 11 is 1.67. The topological polar surface area (TPSA) is 62.7 Å². The molecule has 1 aliphatic rings. The number of aliphatic carboxylic acids is 1. The van der Waals surface area contributed by atoms with Crippen molar-refractivity contribution in [2.75, 3.05) is 32.5 Å². The van der Waals surface area contributed by atoms with Gasteiger partial charge in [0, 0.05) is 41.7 Å². The lowest BCUT2D eigenvalue weighted by Gasteiger charge is -2.38. The molecule has 192 valence electrons. The predicted molar refractivity (Wildman–Crippen MR) is 139 cm³/mol. The highest BCUT2D eigenvalue weighted by Crippen LogP contribution is 2.36. The Balaban J connectivity index is 1.34. The Morgan fingerprint density at radius 3 is 2.78 bits per heavy atom. The van der Waals surface area contributed by atoms with Crippen molar-refractivity contribution in [3.63, 3.8) is 0 Å². The maximum atomic E-state index is 15.5. The lowest BCUT2D eigenvalue weighted by Crippen LogP contribution is -2.42. The molecule has 0 saturated carbocycles. The largest absolute Gasteiger partial charge is 0.497 e. The first-order valence-electron chi connectivity index (χ1n) is 12.3. The molecule has 0 aliphatic carbocycles. The van der Waals surface area contributed by atoms with Crippen molar-refractivity contribution in [3.8, 4) is 5.75 Å². The average molecular weight is 515 g/mol. The molecule has 3 atom stereocenters. The number of halogens is 2. The van der Waals surface area contributed by atoms with Crippen LogP contribution in [0.25, 0.3) is 10.9 Å². The van der Waals surface area contributed by atoms with E-state index in [1.807, 2.05) is 18.2 Å². The Bertz CT molecular complexity index is 1160. The molecule has 0 spiro atoms. The Morgan fingerprint density at radius 2 is 2.03 bits per heavy atom. The molecule has 0 radical (unpaired) electrons. The van der Waals surface area contributed by atoms with E-state index in [1.165, 1.54) is 12.1 Å². The number of aromatic nitrogens is 1. The number of hydrogen-bond donors (Lipinski definition) is 1. The minimum Gasteiger partial charge on any atom is -0.497 e. The highest BCUT2D eigenvalue weighted by Gasteiger charge is 2.31. The highest BCUT2D eigenvalue weighted by molar-refractivity contribution is 7.99. The summed E-state index contributed by atoms with van der Waals surface area (Å²) in [6.45, 7) is 2.41. The van der Waals surface area contributed by atoms with Gasteiger partial charge in [0.2, 0.25) is 0 Å². The monoisotopic (exact) mass is 514 g/mol. The number of carboxylic acid groups (broad SMARTS) is 1. The van der Waals surface area contributed by atoms with Gasteiger partial charge in [-0.25, -0.2) is 8.78 Å². The fourth-order valence-corrected chi connectivity index (χ4v) is 5.99. The fraction of sp³-hybridized carbons (Fsp3) is 0.429. The number of benzene rings is 2. The number of nitrogens with zero attached hydrogens (tertiary/aromatic N) is 2. The van der Waals surface area contributed by atoms with E-state index in [4.69, 9.17) is 4.74 Å². The molecule has 36 heavy (non-hydrogen) atoms. The molecule has 0 amide bonds. The van der Waals surface area contributed by atoms with Crippen LogP contribution in [0.15, 0.2) is 59.6 Å². The summed E-state index contributed by atoms with van der Waals surface area (Å²) in [5, 5.41) is 10.2. The van der Waals surface area contributed by atoms with Gasteiger partial charge in [-0.3, -0.25) is 9.78 Å². The maximum Gasteiger partial charge on any atom is 0.303 e. The van der Waals surface area contributed by atoms with E-state index in [0.29, 0.717) is 30.7 Å². The van der Waals surface area contributed by atoms with E-state index in [0.717, 1.165) is 41.1 Å². The van der Waals surface area contributed by atoms with Crippen LogP contribution in [-0.2, 0) is 4.79 Å². The van der Waals surface area contributed by atoms with Gasteiger partial charge < -0.3 is 14.7 Å². The van der Waals surface area contributed by atoms with Gasteiger partial charge in [0.25, 0.3) is 0 Å². The van der Waals surface area contributed by atoms with Crippen LogP contribution in [0.4, 0.5) is 8.78 Å². The molecule has 1 aliphatic heterocycles. The number of hydrogen-bond acceptors (Lipinski definition) is 5. The number of likely N-dealkylation sites (tertiary alicyclic amines) is 1. The number of carbonyl (C=O) groups is 1. The summed E-state index contributed by atoms with van der Waals surface area (Å²) in [6.07, 6.45) is 2.42. The number of carboxylic acids is 1. The van der Waals surface area contributed by atoms with E-state index in [2.05, 4.69) is 9.88 Å². The molecule has 1 fully saturated rings. The fourth-order valence-electron chi connectivity index (χ4n) is 5.08. The highest BCUT2D eigenvalue weighted by atomic mass is 32.2. The van der Waals surface area contributed by atoms with Crippen molar-refractivity contribution < 1.29 is 23.4 Å². The van der Waals surface area contributed by atoms with Gasteiger partial charge in [-0.05, 0) is 91.7 Å². The van der Waals surface area contributed by atoms with Crippen molar-refractivity contribution in [1.29, 1.82) is 0 Å². The van der Waals surface area contributed by atoms with Crippen LogP contribution in [0.5, 0.6) is 5.75 Å². The lowest BCUT2D eigenvalue weighted by molar-refractivity contribution is -0.139. The van der Waals surface area contributed by atoms with Gasteiger partial charge in [-0.1, -0.05) is 0 Å². The quantitative estimate of drug-likeness (QED) is 0.300. The number of ether oxygens (including phenoxy) is 1. The first-order chi connectivity index (χ1) is 17.4. The van der Waals surface area contributed by atoms with Crippen molar-refractivity contribution in [1.82, 2.24) is 9.88 Å². The molecule has 3 aromatic rings. The van der Waals surface area contributed by atoms with Crippen LogP contribution in [0.3, 0.4) is 0 Å². The number of thioether (sulfide) groups is 1. The molecule has 1 aromatic heterocycles. The first kappa shape index (κ1) is 26.4. The Morgan fingerprint density at radius 1 is 1.22 bits per heavy atom. The second-order valence-electron chi connectivity index (χ2n) is 9.34. The van der Waals surface area contributed by atoms with Gasteiger partial charge in [0.05, 0.1) is 12.6 Å². The number of rotatable bonds is 11. The van der Waals surface area contributed by atoms with Crippen LogP contribution in [0.2, 0.25) is 0 Å². The Kier molecular flexibility index (Phi) is 9.15. The lowest BCUT2D eigenvalue weighted by atomic mass is 9.79. The molecular formula is C28H32F2N2O3S. The first-order valence-corrected chi connectivity index (χ1v) is 13.3. The van der Waals surface area contributed by atoms with Crippen LogP contribution in [0.1, 0.15) is 37.4 Å². The second kappa shape index (κ2) is 12.5. The number of alkyl halides is 1. The minimum absolute atomic E-state index is 0.00597. The van der Waals surface area contributed by atoms with E-state index < -0.39 is 12.1 Å². The van der Waals surface area contributed by atoms with E-state index in [9.17, 15) is 14.3 Å². The molecule has 0 unspecified atom stereocenters. The van der Waals surface area contributed by atoms with Gasteiger partial charge in [-0.15, -0.1) is 11.8 Å². The van der Waals surface area contributed by atoms with Crippen LogP contribution < -0.4 is 4.74 Å². The van der Waals surface area contributed by atoms with Crippen LogP contribution in [0, 0.1) is 17.7 Å². The molecule has 4 rings (SSSR count). The smallest absolute Gasteiger partial charge is 0.303 e. The van der Waals surface area contributed by atoms with Crippen molar-refractivity contribution in [2.24, 2.45) is 11.8 Å². The molecule has 2 aromatic carbocycles. The molecule has 0 bridgehead atoms. The number of pyridine rings is 1. The van der Waals surface area contributed by atoms with Crippen molar-refractivity contribution in [2.45, 2.75) is 36.8 Å². The molecule has 2 heterocycles. The zero-order chi connectivity index (χ0) is 25.5. The SMILES string of the molecule is COc1ccc2nccc([C@H](F)CC[C@@H]3CCN(CCSc4ccc(F)cc4)C[C@@H]3CC(=O)O)c2c1. The maximum absolute atomic E-state index is 15.5. The van der Waals surface area contributed by atoms with Gasteiger partial charge in [-0.2, -0.15) is 0 Å². The second-order valence-corrected chi connectivity index (χ2v) is 10.5. The standard InChI is InChI=1S/C28H32F2N2O3S/c1-35-22-5-9-27-25(17-22)24(10-12-31-27)26(30)8-2-19-11-13-32(18-20(19)16-28(33)34)14-15-36-23-6-3-21(29)4-7-23/h3-7,9-10,12,17,19-20,26H,2,8,11,13-16,18H2,1H3,(H,33,34)/t19-,20+,26-/m1/s1. The molecule has 8 heteroatoms. The van der Waals surface area contributed by atoms with Gasteiger partial charge >= 0.3 is 5.97 Å². The average Bonchev–Trinajstić information content (AvgIpc) is 2.88. The van der Waals surface area contributed by atoms with Crippen LogP contribution in [-0.4, -0.2) is 53.5 Å². The normalized spacial score (nSPS) is 19.3. The molecule has 1 N–H and O–H groups in total. The minimum atomic E-state index is -1.15. The summed E-state index contributed by atoms with van der Waals surface area (Å²) in [5.41, 5.74) is 1.33. The van der Waals surface area contributed by atoms with Crippen molar-refractivity contribution in [3.05, 3.63) is 66.1 Å². The third kappa shape index (κ3) is 6.95. The number of piperidine rings is 1. The summed E-state index contributed by atoms with van der Waals surface area (Å²) in [4.78, 5) is 19.2. The summed E-state index contributed by atoms with van der Waals surface area (Å²) in [7, 11) is 1.58. The van der Waals surface area contributed by atoms with Gasteiger partial charge in [0.1, 0.15) is 17.7 Å². The third-order valence-electron chi connectivity index (χ3n) is 7.01. The van der Waals surface area contributed by atoms with E-state index in [-0.39, 0.29) is 24.1 Å². The molecular weight excluding hydrogens is 482 g/mol. The van der Waals surface area contributed by atoms with Crippen molar-refractivity contribution >= 4 is 28.6 Å². The number of methoxy groups -OCH3 is 1. The molecule has 1 saturated heterocycles. The number of fused-ring (bicyclic) bond motifs is 1. The van der Waals surface area contributed by atoms with E-state index in [1.54, 1.807) is 43.3 Å². The Labute approximate surface area is 214 Å². The zero-order valence-electron chi connectivity index (χ0n) is 20.4. The Hall–Kier alpha value is -2.71. The van der Waals surface area contributed by atoms with E-state index >= 15 is 4.39 Å². The third-order valence-corrected chi connectivity index (χ3v) is 8.01. The van der Waals surface area contributed by atoms with Gasteiger partial charge in [0.15, 0.2) is 0 Å². The summed E-state index contributed by atoms with van der Waals surface area (Å²) in [5.74, 6) is 0.621. The molecule has 5 nitrogen and oxygen atoms in total. The van der Waals surface area contributed by atoms with Crippen LogP contribution >= 0.6 is 11.8 Å². The summed E-state index contributed by atoms with van der Waals surface area (Å²) in [6, 6.07) is 13.7.